The molecular formula is C35H58N8O8S. The quantitative estimate of drug-likeness (QED) is 0.0576. The van der Waals surface area contributed by atoms with Gasteiger partial charge in [-0.2, -0.15) is 11.8 Å². The Balaban J connectivity index is 3.28. The summed E-state index contributed by atoms with van der Waals surface area (Å²) in [6, 6.07) is 1.87. The number of carbonyl (C=O) groups is 7. The van der Waals surface area contributed by atoms with Crippen LogP contribution < -0.4 is 43.8 Å². The zero-order valence-electron chi connectivity index (χ0n) is 30.8. The Bertz CT molecular complexity index is 1340. The number of thioether (sulfide) groups is 1. The molecule has 52 heavy (non-hydrogen) atoms. The molecule has 7 unspecified atom stereocenters. The molecule has 0 saturated carbocycles. The molecule has 16 nitrogen and oxygen atoms in total. The molecule has 1 aromatic rings. The van der Waals surface area contributed by atoms with E-state index in [-0.39, 0.29) is 25.2 Å². The van der Waals surface area contributed by atoms with Crippen LogP contribution in [0, 0.1) is 11.8 Å². The number of amides is 6. The number of carboxylic acid groups (broad SMARTS) is 1. The van der Waals surface area contributed by atoms with Crippen LogP contribution >= 0.6 is 11.8 Å². The van der Waals surface area contributed by atoms with Crippen LogP contribution in [0.2, 0.25) is 0 Å². The molecule has 0 aliphatic rings. The van der Waals surface area contributed by atoms with Crippen molar-refractivity contribution < 1.29 is 38.7 Å². The topological polar surface area (TPSA) is 278 Å². The number of carbonyl (C=O) groups excluding carboxylic acids is 6. The van der Waals surface area contributed by atoms with E-state index in [0.29, 0.717) is 31.6 Å². The number of primary amides is 1. The van der Waals surface area contributed by atoms with Crippen molar-refractivity contribution >= 4 is 53.2 Å². The number of unbranched alkanes of at least 4 members (excludes halogenated alkanes) is 1. The van der Waals surface area contributed by atoms with Gasteiger partial charge in [-0.3, -0.25) is 28.8 Å². The average Bonchev–Trinajstić information content (AvgIpc) is 3.10. The summed E-state index contributed by atoms with van der Waals surface area (Å²) in [6.07, 6.45) is 3.00. The highest BCUT2D eigenvalue weighted by Crippen LogP contribution is 2.11. The molecule has 292 valence electrons. The minimum Gasteiger partial charge on any atom is -0.480 e. The number of hydrogen-bond acceptors (Lipinski definition) is 10. The summed E-state index contributed by atoms with van der Waals surface area (Å²) in [5.74, 6) is -6.04. The molecule has 0 spiro atoms. The first-order chi connectivity index (χ1) is 24.6. The largest absolute Gasteiger partial charge is 0.480 e. The lowest BCUT2D eigenvalue weighted by Gasteiger charge is -2.29. The predicted molar refractivity (Wildman–Crippen MR) is 199 cm³/mol. The molecule has 1 rings (SSSR count). The molecule has 0 saturated heterocycles. The van der Waals surface area contributed by atoms with E-state index in [0.717, 1.165) is 5.56 Å². The van der Waals surface area contributed by atoms with Crippen molar-refractivity contribution in [2.24, 2.45) is 29.0 Å². The third-order valence-electron chi connectivity index (χ3n) is 8.57. The maximum Gasteiger partial charge on any atom is 0.326 e. The first-order valence-electron chi connectivity index (χ1n) is 17.6. The van der Waals surface area contributed by atoms with Gasteiger partial charge in [0.15, 0.2) is 0 Å². The molecule has 0 aliphatic carbocycles. The third kappa shape index (κ3) is 16.4. The average molecular weight is 751 g/mol. The van der Waals surface area contributed by atoms with Gasteiger partial charge in [0, 0.05) is 6.42 Å². The van der Waals surface area contributed by atoms with Gasteiger partial charge >= 0.3 is 5.97 Å². The Morgan fingerprint density at radius 1 is 0.750 bits per heavy atom. The van der Waals surface area contributed by atoms with Crippen LogP contribution in [-0.2, 0) is 40.0 Å². The number of benzene rings is 1. The molecule has 0 bridgehead atoms. The molecule has 6 amide bonds. The molecular weight excluding hydrogens is 693 g/mol. The van der Waals surface area contributed by atoms with E-state index >= 15 is 0 Å². The fourth-order valence-corrected chi connectivity index (χ4v) is 5.57. The lowest BCUT2D eigenvalue weighted by molar-refractivity contribution is -0.142. The normalized spacial score (nSPS) is 15.2. The maximum atomic E-state index is 13.8. The Hall–Kier alpha value is -4.22. The monoisotopic (exact) mass is 750 g/mol. The first kappa shape index (κ1) is 45.8. The predicted octanol–water partition coefficient (Wildman–Crippen LogP) is -0.475. The Morgan fingerprint density at radius 3 is 1.85 bits per heavy atom. The zero-order chi connectivity index (χ0) is 39.4. The van der Waals surface area contributed by atoms with Crippen LogP contribution in [0.1, 0.15) is 71.8 Å². The second-order valence-electron chi connectivity index (χ2n) is 13.2. The van der Waals surface area contributed by atoms with E-state index in [1.165, 1.54) is 11.8 Å². The summed E-state index contributed by atoms with van der Waals surface area (Å²) in [4.78, 5) is 90.8. The van der Waals surface area contributed by atoms with Gasteiger partial charge in [-0.1, -0.05) is 64.4 Å². The van der Waals surface area contributed by atoms with Crippen molar-refractivity contribution in [3.05, 3.63) is 35.9 Å². The molecule has 12 N–H and O–H groups in total. The van der Waals surface area contributed by atoms with E-state index < -0.39 is 90.0 Å². The number of rotatable bonds is 25. The molecule has 0 heterocycles. The molecule has 1 aromatic carbocycles. The highest BCUT2D eigenvalue weighted by atomic mass is 32.2. The van der Waals surface area contributed by atoms with Crippen LogP contribution in [0.25, 0.3) is 0 Å². The molecule has 0 radical (unpaired) electrons. The number of hydrogen-bond donors (Lipinski definition) is 9. The van der Waals surface area contributed by atoms with E-state index in [1.807, 2.05) is 19.9 Å². The summed E-state index contributed by atoms with van der Waals surface area (Å²) in [5.41, 5.74) is 17.9. The smallest absolute Gasteiger partial charge is 0.326 e. The van der Waals surface area contributed by atoms with Crippen LogP contribution in [0.4, 0.5) is 0 Å². The van der Waals surface area contributed by atoms with Gasteiger partial charge in [-0.15, -0.1) is 0 Å². The van der Waals surface area contributed by atoms with E-state index in [4.69, 9.17) is 17.2 Å². The van der Waals surface area contributed by atoms with E-state index in [2.05, 4.69) is 26.6 Å². The third-order valence-corrected chi connectivity index (χ3v) is 9.21. The van der Waals surface area contributed by atoms with Crippen molar-refractivity contribution in [3.63, 3.8) is 0 Å². The van der Waals surface area contributed by atoms with Crippen molar-refractivity contribution in [2.45, 2.75) is 109 Å². The summed E-state index contributed by atoms with van der Waals surface area (Å²) in [7, 11) is 0. The summed E-state index contributed by atoms with van der Waals surface area (Å²) in [6.45, 7) is 7.43. The fraction of sp³-hybridized carbons (Fsp3) is 0.629. The maximum absolute atomic E-state index is 13.8. The van der Waals surface area contributed by atoms with Gasteiger partial charge in [-0.25, -0.2) is 4.79 Å². The second-order valence-corrected chi connectivity index (χ2v) is 14.1. The standard InChI is InChI=1S/C35H58N8O8S/c1-6-21(4)28(38)33(48)42-25(18-22-12-8-7-9-13-22)32(47)43-29(20(2)3)34(49)39-23(14-10-11-16-36)30(45)41-26(19-27(37)44)31(46)40-24(35(50)51)15-17-52-5/h7-9,12-13,20-21,23-26,28-29H,6,10-11,14-19,36,38H2,1-5H3,(H2,37,44)(H,39,49)(H,40,46)(H,41,45)(H,42,48)(H,43,47)(H,50,51). The van der Waals surface area contributed by atoms with Crippen LogP contribution in [0.3, 0.4) is 0 Å². The van der Waals surface area contributed by atoms with Gasteiger partial charge in [0.2, 0.25) is 35.4 Å². The van der Waals surface area contributed by atoms with Crippen molar-refractivity contribution in [2.75, 3.05) is 18.6 Å². The minimum atomic E-state index is -1.53. The second kappa shape index (κ2) is 24.1. The van der Waals surface area contributed by atoms with Gasteiger partial charge < -0.3 is 48.9 Å². The van der Waals surface area contributed by atoms with E-state index in [9.17, 15) is 38.7 Å². The number of nitrogens with two attached hydrogens (primary N) is 3. The summed E-state index contributed by atoms with van der Waals surface area (Å²) in [5, 5.41) is 22.5. The van der Waals surface area contributed by atoms with Crippen LogP contribution in [0.5, 0.6) is 0 Å². The molecule has 0 aromatic heterocycles. The molecule has 0 aliphatic heterocycles. The SMILES string of the molecule is CCC(C)C(N)C(=O)NC(Cc1ccccc1)C(=O)NC(C(=O)NC(CCCCN)C(=O)NC(CC(N)=O)C(=O)NC(CCSC)C(=O)O)C(C)C. The van der Waals surface area contributed by atoms with Crippen molar-refractivity contribution in [3.8, 4) is 0 Å². The van der Waals surface area contributed by atoms with Gasteiger partial charge in [0.25, 0.3) is 0 Å². The number of aliphatic carboxylic acids is 1. The zero-order valence-corrected chi connectivity index (χ0v) is 31.6. The lowest BCUT2D eigenvalue weighted by atomic mass is 9.97. The Kier molecular flexibility index (Phi) is 21.2. The number of nitrogens with one attached hydrogen (secondary N) is 5. The first-order valence-corrected chi connectivity index (χ1v) is 19.0. The molecule has 0 fully saturated rings. The summed E-state index contributed by atoms with van der Waals surface area (Å²) >= 11 is 1.38. The molecule has 7 atom stereocenters. The minimum absolute atomic E-state index is 0.0874. The van der Waals surface area contributed by atoms with E-state index in [1.54, 1.807) is 44.4 Å². The number of carboxylic acids is 1. The highest BCUT2D eigenvalue weighted by Gasteiger charge is 2.34. The van der Waals surface area contributed by atoms with Crippen LogP contribution in [-0.4, -0.2) is 101 Å². The van der Waals surface area contributed by atoms with Gasteiger partial charge in [0.05, 0.1) is 12.5 Å². The van der Waals surface area contributed by atoms with Crippen LogP contribution in [0.15, 0.2) is 30.3 Å². The lowest BCUT2D eigenvalue weighted by Crippen LogP contribution is -2.61. The Morgan fingerprint density at radius 2 is 1.31 bits per heavy atom. The summed E-state index contributed by atoms with van der Waals surface area (Å²) < 4.78 is 0. The molecule has 17 heteroatoms. The van der Waals surface area contributed by atoms with Crippen molar-refractivity contribution in [1.82, 2.24) is 26.6 Å². The van der Waals surface area contributed by atoms with Crippen molar-refractivity contribution in [1.29, 1.82) is 0 Å². The fourth-order valence-electron chi connectivity index (χ4n) is 5.10. The van der Waals surface area contributed by atoms with Gasteiger partial charge in [-0.05, 0) is 61.6 Å². The van der Waals surface area contributed by atoms with Gasteiger partial charge in [0.1, 0.15) is 30.2 Å². The highest BCUT2D eigenvalue weighted by molar-refractivity contribution is 7.98. The Labute approximate surface area is 310 Å².